The minimum Gasteiger partial charge on any atom is -0.372 e. The van der Waals surface area contributed by atoms with Crippen molar-refractivity contribution in [1.29, 1.82) is 0 Å². The molecule has 0 aromatic rings. The van der Waals surface area contributed by atoms with Gasteiger partial charge in [-0.25, -0.2) is 0 Å². The van der Waals surface area contributed by atoms with Crippen molar-refractivity contribution < 1.29 is 17.9 Å². The van der Waals surface area contributed by atoms with Crippen LogP contribution in [-0.4, -0.2) is 25.3 Å². The summed E-state index contributed by atoms with van der Waals surface area (Å²) in [5, 5.41) is 0. The summed E-state index contributed by atoms with van der Waals surface area (Å²) in [6.45, 7) is 2.69. The maximum Gasteiger partial charge on any atom is 0.411 e. The first-order chi connectivity index (χ1) is 5.77. The molecule has 0 radical (unpaired) electrons. The molecule has 0 aromatic heterocycles. The Hall–Kier alpha value is 0.0400. The molecule has 0 aliphatic heterocycles. The highest BCUT2D eigenvalue weighted by Crippen LogP contribution is 2.22. The van der Waals surface area contributed by atoms with Crippen molar-refractivity contribution >= 4 is 11.6 Å². The van der Waals surface area contributed by atoms with Gasteiger partial charge in [-0.1, -0.05) is 13.8 Å². The first-order valence-corrected chi connectivity index (χ1v) is 4.51. The van der Waals surface area contributed by atoms with Gasteiger partial charge in [-0.2, -0.15) is 13.2 Å². The normalized spacial score (nSPS) is 13.4. The maximum atomic E-state index is 11.6. The molecular weight excluding hydrogens is 205 g/mol. The van der Waals surface area contributed by atoms with E-state index < -0.39 is 12.8 Å². The zero-order valence-corrected chi connectivity index (χ0v) is 8.50. The molecule has 0 N–H and O–H groups in total. The van der Waals surface area contributed by atoms with Gasteiger partial charge in [-0.05, 0) is 11.8 Å². The Morgan fingerprint density at radius 3 is 2.15 bits per heavy atom. The Bertz CT molecular complexity index is 145. The van der Waals surface area contributed by atoms with Crippen LogP contribution in [0.25, 0.3) is 0 Å². The van der Waals surface area contributed by atoms with E-state index >= 15 is 0 Å². The predicted octanol–water partition coefficient (Wildman–Crippen LogP) is 3.22. The molecule has 0 aliphatic rings. The topological polar surface area (TPSA) is 9.23 Å². The van der Waals surface area contributed by atoms with Crippen molar-refractivity contribution in [3.63, 3.8) is 0 Å². The van der Waals surface area contributed by atoms with Crippen molar-refractivity contribution in [2.45, 2.75) is 26.4 Å². The van der Waals surface area contributed by atoms with E-state index in [1.807, 2.05) is 13.8 Å². The third kappa shape index (κ3) is 8.37. The van der Waals surface area contributed by atoms with E-state index in [0.717, 1.165) is 0 Å². The van der Waals surface area contributed by atoms with Crippen LogP contribution in [0.4, 0.5) is 13.2 Å². The largest absolute Gasteiger partial charge is 0.411 e. The molecule has 5 heteroatoms. The summed E-state index contributed by atoms with van der Waals surface area (Å²) in [4.78, 5) is 0. The van der Waals surface area contributed by atoms with Gasteiger partial charge in [0.2, 0.25) is 0 Å². The molecule has 0 rings (SSSR count). The van der Waals surface area contributed by atoms with Gasteiger partial charge in [-0.15, -0.1) is 11.6 Å². The quantitative estimate of drug-likeness (QED) is 0.509. The molecule has 0 atom stereocenters. The lowest BCUT2D eigenvalue weighted by Gasteiger charge is -2.20. The summed E-state index contributed by atoms with van der Waals surface area (Å²) in [6, 6.07) is 0. The molecule has 1 nitrogen and oxygen atoms in total. The number of ether oxygens (including phenoxy) is 1. The van der Waals surface area contributed by atoms with Gasteiger partial charge < -0.3 is 4.74 Å². The number of alkyl halides is 4. The molecule has 0 saturated carbocycles. The van der Waals surface area contributed by atoms with Crippen LogP contribution in [0.1, 0.15) is 20.3 Å². The molecule has 0 fully saturated rings. The summed E-state index contributed by atoms with van der Waals surface area (Å²) in [7, 11) is 0. The summed E-state index contributed by atoms with van der Waals surface area (Å²) in [6.07, 6.45) is -3.70. The minimum absolute atomic E-state index is 0.0965. The van der Waals surface area contributed by atoms with Gasteiger partial charge in [0.15, 0.2) is 0 Å². The molecular formula is C8H14ClF3O. The predicted molar refractivity (Wildman–Crippen MR) is 46.0 cm³/mol. The molecule has 0 aliphatic carbocycles. The Morgan fingerprint density at radius 2 is 1.77 bits per heavy atom. The number of rotatable bonds is 5. The smallest absolute Gasteiger partial charge is 0.372 e. The molecule has 0 aromatic carbocycles. The van der Waals surface area contributed by atoms with Crippen LogP contribution in [0, 0.1) is 5.41 Å². The van der Waals surface area contributed by atoms with Crippen LogP contribution < -0.4 is 0 Å². The van der Waals surface area contributed by atoms with Crippen molar-refractivity contribution in [1.82, 2.24) is 0 Å². The third-order valence-corrected chi connectivity index (χ3v) is 2.27. The third-order valence-electron chi connectivity index (χ3n) is 1.55. The van der Waals surface area contributed by atoms with E-state index in [9.17, 15) is 13.2 Å². The zero-order chi connectivity index (χ0) is 10.5. The van der Waals surface area contributed by atoms with Crippen molar-refractivity contribution in [2.24, 2.45) is 5.41 Å². The van der Waals surface area contributed by atoms with Crippen molar-refractivity contribution in [3.8, 4) is 0 Å². The van der Waals surface area contributed by atoms with E-state index in [4.69, 9.17) is 11.6 Å². The summed E-state index contributed by atoms with van der Waals surface area (Å²) in [5.41, 5.74) is -0.160. The second-order valence-electron chi connectivity index (χ2n) is 3.72. The van der Waals surface area contributed by atoms with Crippen molar-refractivity contribution in [3.05, 3.63) is 0 Å². The molecule has 0 amide bonds. The summed E-state index contributed by atoms with van der Waals surface area (Å²) in [5.74, 6) is 0.419. The first-order valence-electron chi connectivity index (χ1n) is 3.97. The highest BCUT2D eigenvalue weighted by molar-refractivity contribution is 6.18. The Balaban J connectivity index is 3.47. The Kier molecular flexibility index (Phi) is 5.07. The number of hydrogen-bond acceptors (Lipinski definition) is 1. The van der Waals surface area contributed by atoms with E-state index in [1.165, 1.54) is 0 Å². The average molecular weight is 219 g/mol. The standard InChI is InChI=1S/C8H14ClF3O/c1-7(2,5-9)3-4-13-6-8(10,11)12/h3-6H2,1-2H3. The highest BCUT2D eigenvalue weighted by atomic mass is 35.5. The monoisotopic (exact) mass is 218 g/mol. The molecule has 0 saturated heterocycles. The SMILES string of the molecule is CC(C)(CCl)CCOCC(F)(F)F. The van der Waals surface area contributed by atoms with Gasteiger partial charge in [0.05, 0.1) is 0 Å². The molecule has 80 valence electrons. The fourth-order valence-electron chi connectivity index (χ4n) is 0.603. The highest BCUT2D eigenvalue weighted by Gasteiger charge is 2.27. The number of hydrogen-bond donors (Lipinski definition) is 0. The van der Waals surface area contributed by atoms with Crippen LogP contribution in [0.3, 0.4) is 0 Å². The number of halogens is 4. The van der Waals surface area contributed by atoms with Gasteiger partial charge >= 0.3 is 6.18 Å². The second kappa shape index (κ2) is 5.05. The molecule has 0 heterocycles. The van der Waals surface area contributed by atoms with Gasteiger partial charge in [-0.3, -0.25) is 0 Å². The molecule has 0 spiro atoms. The maximum absolute atomic E-state index is 11.6. The van der Waals surface area contributed by atoms with Crippen LogP contribution in [0.5, 0.6) is 0 Å². The lowest BCUT2D eigenvalue weighted by atomic mass is 9.93. The van der Waals surface area contributed by atoms with E-state index in [1.54, 1.807) is 0 Å². The van der Waals surface area contributed by atoms with Crippen LogP contribution >= 0.6 is 11.6 Å². The fraction of sp³-hybridized carbons (Fsp3) is 1.00. The molecule has 0 unspecified atom stereocenters. The molecule has 0 bridgehead atoms. The van der Waals surface area contributed by atoms with Crippen LogP contribution in [0.15, 0.2) is 0 Å². The van der Waals surface area contributed by atoms with Crippen molar-refractivity contribution in [2.75, 3.05) is 19.1 Å². The van der Waals surface area contributed by atoms with Crippen LogP contribution in [0.2, 0.25) is 0 Å². The Labute approximate surface area is 81.2 Å². The van der Waals surface area contributed by atoms with E-state index in [0.29, 0.717) is 12.3 Å². The first kappa shape index (κ1) is 13.0. The van der Waals surface area contributed by atoms with Gasteiger partial charge in [0, 0.05) is 12.5 Å². The fourth-order valence-corrected chi connectivity index (χ4v) is 0.737. The lowest BCUT2D eigenvalue weighted by Crippen LogP contribution is -2.21. The average Bonchev–Trinajstić information content (AvgIpc) is 1.97. The summed E-state index contributed by atoms with van der Waals surface area (Å²) >= 11 is 5.58. The molecule has 13 heavy (non-hydrogen) atoms. The summed E-state index contributed by atoms with van der Waals surface area (Å²) < 4.78 is 39.3. The Morgan fingerprint density at radius 1 is 1.23 bits per heavy atom. The minimum atomic E-state index is -4.23. The van der Waals surface area contributed by atoms with Gasteiger partial charge in [0.25, 0.3) is 0 Å². The van der Waals surface area contributed by atoms with Gasteiger partial charge in [0.1, 0.15) is 6.61 Å². The van der Waals surface area contributed by atoms with E-state index in [-0.39, 0.29) is 12.0 Å². The second-order valence-corrected chi connectivity index (χ2v) is 3.98. The lowest BCUT2D eigenvalue weighted by molar-refractivity contribution is -0.175. The van der Waals surface area contributed by atoms with E-state index in [2.05, 4.69) is 4.74 Å². The zero-order valence-electron chi connectivity index (χ0n) is 7.75. The van der Waals surface area contributed by atoms with Crippen LogP contribution in [-0.2, 0) is 4.74 Å².